The first-order valence-corrected chi connectivity index (χ1v) is 5.93. The summed E-state index contributed by atoms with van der Waals surface area (Å²) in [7, 11) is 0. The SMILES string of the molecule is Cc1c([N+](=O)[O-])cnc(NC(C)CCO)c1Br. The van der Waals surface area contributed by atoms with Crippen LogP contribution < -0.4 is 5.32 Å². The van der Waals surface area contributed by atoms with Crippen LogP contribution in [0.2, 0.25) is 0 Å². The van der Waals surface area contributed by atoms with Crippen LogP contribution in [-0.4, -0.2) is 27.7 Å². The van der Waals surface area contributed by atoms with Crippen molar-refractivity contribution < 1.29 is 10.0 Å². The highest BCUT2D eigenvalue weighted by molar-refractivity contribution is 9.10. The van der Waals surface area contributed by atoms with E-state index < -0.39 is 4.92 Å². The van der Waals surface area contributed by atoms with Crippen molar-refractivity contribution in [3.8, 4) is 0 Å². The van der Waals surface area contributed by atoms with Crippen molar-refractivity contribution >= 4 is 27.4 Å². The lowest BCUT2D eigenvalue weighted by Crippen LogP contribution is -2.18. The van der Waals surface area contributed by atoms with E-state index in [1.165, 1.54) is 6.20 Å². The van der Waals surface area contributed by atoms with Crippen LogP contribution in [0.25, 0.3) is 0 Å². The molecule has 1 rings (SSSR count). The van der Waals surface area contributed by atoms with E-state index in [9.17, 15) is 10.1 Å². The molecule has 1 aromatic heterocycles. The lowest BCUT2D eigenvalue weighted by Gasteiger charge is -2.15. The Morgan fingerprint density at radius 3 is 2.88 bits per heavy atom. The van der Waals surface area contributed by atoms with Gasteiger partial charge in [-0.05, 0) is 36.2 Å². The van der Waals surface area contributed by atoms with Gasteiger partial charge in [0.1, 0.15) is 12.0 Å². The Morgan fingerprint density at radius 1 is 1.71 bits per heavy atom. The molecule has 0 saturated carbocycles. The van der Waals surface area contributed by atoms with Gasteiger partial charge in [-0.1, -0.05) is 0 Å². The Kier molecular flexibility index (Phi) is 4.83. The van der Waals surface area contributed by atoms with Crippen LogP contribution in [0.5, 0.6) is 0 Å². The van der Waals surface area contributed by atoms with E-state index in [-0.39, 0.29) is 18.3 Å². The summed E-state index contributed by atoms with van der Waals surface area (Å²) in [5.74, 6) is 0.550. The normalized spacial score (nSPS) is 12.2. The maximum atomic E-state index is 10.7. The molecule has 0 radical (unpaired) electrons. The Hall–Kier alpha value is -1.21. The molecule has 17 heavy (non-hydrogen) atoms. The average molecular weight is 304 g/mol. The number of halogens is 1. The number of anilines is 1. The third-order valence-electron chi connectivity index (χ3n) is 2.38. The van der Waals surface area contributed by atoms with Crippen molar-refractivity contribution in [3.63, 3.8) is 0 Å². The number of pyridine rings is 1. The Morgan fingerprint density at radius 2 is 2.35 bits per heavy atom. The van der Waals surface area contributed by atoms with Gasteiger partial charge in [0.15, 0.2) is 0 Å². The zero-order valence-corrected chi connectivity index (χ0v) is 11.2. The number of nitro groups is 1. The average Bonchev–Trinajstić information content (AvgIpc) is 2.25. The van der Waals surface area contributed by atoms with Gasteiger partial charge in [0.25, 0.3) is 5.69 Å². The molecule has 1 unspecified atom stereocenters. The van der Waals surface area contributed by atoms with E-state index in [2.05, 4.69) is 26.2 Å². The standard InChI is InChI=1S/C10H14BrN3O3/c1-6(3-4-15)13-10-9(11)7(2)8(5-12-10)14(16)17/h5-6,15H,3-4H2,1-2H3,(H,12,13). The second-order valence-corrected chi connectivity index (χ2v) is 4.54. The third kappa shape index (κ3) is 3.37. The molecule has 1 heterocycles. The Bertz CT molecular complexity index is 426. The highest BCUT2D eigenvalue weighted by atomic mass is 79.9. The van der Waals surface area contributed by atoms with Crippen molar-refractivity contribution in [1.82, 2.24) is 4.98 Å². The van der Waals surface area contributed by atoms with Crippen LogP contribution in [-0.2, 0) is 0 Å². The van der Waals surface area contributed by atoms with E-state index >= 15 is 0 Å². The molecule has 0 aliphatic rings. The first kappa shape index (κ1) is 13.9. The molecule has 0 aliphatic carbocycles. The Balaban J connectivity index is 2.96. The minimum absolute atomic E-state index is 0.0164. The summed E-state index contributed by atoms with van der Waals surface area (Å²) in [5, 5.41) is 22.6. The van der Waals surface area contributed by atoms with E-state index in [1.54, 1.807) is 6.92 Å². The smallest absolute Gasteiger partial charge is 0.291 e. The summed E-state index contributed by atoms with van der Waals surface area (Å²) >= 11 is 3.29. The monoisotopic (exact) mass is 303 g/mol. The molecule has 6 nitrogen and oxygen atoms in total. The minimum Gasteiger partial charge on any atom is -0.396 e. The van der Waals surface area contributed by atoms with Crippen LogP contribution in [0.4, 0.5) is 11.5 Å². The van der Waals surface area contributed by atoms with Gasteiger partial charge in [0.2, 0.25) is 0 Å². The molecule has 0 fully saturated rings. The fourth-order valence-electron chi connectivity index (χ4n) is 1.35. The number of hydrogen-bond donors (Lipinski definition) is 2. The zero-order chi connectivity index (χ0) is 13.0. The van der Waals surface area contributed by atoms with Crippen LogP contribution in [0.3, 0.4) is 0 Å². The summed E-state index contributed by atoms with van der Waals surface area (Å²) in [6, 6.07) is 0.0460. The van der Waals surface area contributed by atoms with Gasteiger partial charge < -0.3 is 10.4 Å². The topological polar surface area (TPSA) is 88.3 Å². The van der Waals surface area contributed by atoms with Crippen LogP contribution in [0.15, 0.2) is 10.7 Å². The molecule has 0 saturated heterocycles. The Labute approximate surface area is 107 Å². The van der Waals surface area contributed by atoms with Crippen molar-refractivity contribution in [3.05, 3.63) is 26.3 Å². The van der Waals surface area contributed by atoms with Crippen molar-refractivity contribution in [2.45, 2.75) is 26.3 Å². The molecule has 1 aromatic rings. The lowest BCUT2D eigenvalue weighted by molar-refractivity contribution is -0.385. The van der Waals surface area contributed by atoms with Crippen molar-refractivity contribution in [1.29, 1.82) is 0 Å². The largest absolute Gasteiger partial charge is 0.396 e. The molecular weight excluding hydrogens is 290 g/mol. The van der Waals surface area contributed by atoms with E-state index in [1.807, 2.05) is 6.92 Å². The summed E-state index contributed by atoms with van der Waals surface area (Å²) in [6.45, 7) is 3.64. The first-order chi connectivity index (χ1) is 7.97. The highest BCUT2D eigenvalue weighted by Gasteiger charge is 2.17. The molecule has 1 atom stereocenters. The predicted octanol–water partition coefficient (Wildman–Crippen LogP) is 2.24. The van der Waals surface area contributed by atoms with Gasteiger partial charge in [0, 0.05) is 18.2 Å². The molecule has 0 amide bonds. The van der Waals surface area contributed by atoms with Crippen molar-refractivity contribution in [2.24, 2.45) is 0 Å². The van der Waals surface area contributed by atoms with Crippen LogP contribution in [0.1, 0.15) is 18.9 Å². The molecule has 0 bridgehead atoms. The van der Waals surface area contributed by atoms with Crippen LogP contribution in [0, 0.1) is 17.0 Å². The summed E-state index contributed by atoms with van der Waals surface area (Å²) < 4.78 is 0.580. The summed E-state index contributed by atoms with van der Waals surface area (Å²) in [4.78, 5) is 14.2. The van der Waals surface area contributed by atoms with Gasteiger partial charge in [-0.2, -0.15) is 0 Å². The fourth-order valence-corrected chi connectivity index (χ4v) is 1.77. The van der Waals surface area contributed by atoms with Gasteiger partial charge in [-0.3, -0.25) is 10.1 Å². The van der Waals surface area contributed by atoms with Crippen LogP contribution >= 0.6 is 15.9 Å². The fraction of sp³-hybridized carbons (Fsp3) is 0.500. The maximum absolute atomic E-state index is 10.7. The number of rotatable bonds is 5. The quantitative estimate of drug-likeness (QED) is 0.643. The van der Waals surface area contributed by atoms with Gasteiger partial charge in [-0.15, -0.1) is 0 Å². The van der Waals surface area contributed by atoms with Gasteiger partial charge in [-0.25, -0.2) is 4.98 Å². The summed E-state index contributed by atoms with van der Waals surface area (Å²) in [6.07, 6.45) is 1.82. The molecule has 94 valence electrons. The number of aliphatic hydroxyl groups is 1. The number of hydrogen-bond acceptors (Lipinski definition) is 5. The predicted molar refractivity (Wildman–Crippen MR) is 68.1 cm³/mol. The van der Waals surface area contributed by atoms with E-state index in [4.69, 9.17) is 5.11 Å². The molecule has 0 aromatic carbocycles. The molecule has 0 aliphatic heterocycles. The lowest BCUT2D eigenvalue weighted by atomic mass is 10.2. The zero-order valence-electron chi connectivity index (χ0n) is 9.61. The third-order valence-corrected chi connectivity index (χ3v) is 3.35. The highest BCUT2D eigenvalue weighted by Crippen LogP contribution is 2.30. The molecule has 2 N–H and O–H groups in total. The van der Waals surface area contributed by atoms with Gasteiger partial charge in [0.05, 0.1) is 9.40 Å². The molecular formula is C10H14BrN3O3. The van der Waals surface area contributed by atoms with E-state index in [0.29, 0.717) is 22.3 Å². The molecule has 7 heteroatoms. The van der Waals surface area contributed by atoms with E-state index in [0.717, 1.165) is 0 Å². The number of nitrogens with zero attached hydrogens (tertiary/aromatic N) is 2. The number of nitrogens with one attached hydrogen (secondary N) is 1. The molecule has 0 spiro atoms. The summed E-state index contributed by atoms with van der Waals surface area (Å²) in [5.41, 5.74) is 0.515. The first-order valence-electron chi connectivity index (χ1n) is 5.14. The number of aromatic nitrogens is 1. The van der Waals surface area contributed by atoms with Gasteiger partial charge >= 0.3 is 0 Å². The second-order valence-electron chi connectivity index (χ2n) is 3.75. The maximum Gasteiger partial charge on any atom is 0.291 e. The number of aliphatic hydroxyl groups excluding tert-OH is 1. The second kappa shape index (κ2) is 5.92. The van der Waals surface area contributed by atoms with Crippen molar-refractivity contribution in [2.75, 3.05) is 11.9 Å². The minimum atomic E-state index is -0.464.